The van der Waals surface area contributed by atoms with Crippen molar-refractivity contribution in [2.24, 2.45) is 0 Å². The fourth-order valence-electron chi connectivity index (χ4n) is 1.50. The van der Waals surface area contributed by atoms with E-state index in [1.807, 2.05) is 6.07 Å². The summed E-state index contributed by atoms with van der Waals surface area (Å²) < 4.78 is 0. The Morgan fingerprint density at radius 2 is 1.53 bits per heavy atom. The fourth-order valence-corrected chi connectivity index (χ4v) is 1.66. The summed E-state index contributed by atoms with van der Waals surface area (Å²) in [4.78, 5) is 7.82. The molecule has 1 heterocycles. The predicted octanol–water partition coefficient (Wildman–Crippen LogP) is 5.06. The normalized spacial score (nSPS) is 10.3. The average molecular weight is 277 g/mol. The lowest BCUT2D eigenvalue weighted by atomic mass is 10.0. The molecule has 2 nitrogen and oxygen atoms in total. The van der Waals surface area contributed by atoms with E-state index in [1.165, 1.54) is 11.9 Å². The monoisotopic (exact) mass is 276 g/mol. The van der Waals surface area contributed by atoms with Crippen LogP contribution in [0, 0.1) is 0 Å². The van der Waals surface area contributed by atoms with Crippen LogP contribution in [0.15, 0.2) is 42.7 Å². The van der Waals surface area contributed by atoms with Gasteiger partial charge in [0.1, 0.15) is 11.5 Å². The van der Waals surface area contributed by atoms with Crippen molar-refractivity contribution in [1.82, 2.24) is 9.97 Å². The number of halogens is 1. The summed E-state index contributed by atoms with van der Waals surface area (Å²) >= 11 is 5.64. The van der Waals surface area contributed by atoms with Gasteiger partial charge < -0.3 is 0 Å². The lowest BCUT2D eigenvalue weighted by Crippen LogP contribution is -1.92. The van der Waals surface area contributed by atoms with Crippen molar-refractivity contribution in [3.8, 4) is 0 Å². The quantitative estimate of drug-likeness (QED) is 0.716. The van der Waals surface area contributed by atoms with Gasteiger partial charge in [0.15, 0.2) is 0 Å². The Morgan fingerprint density at radius 1 is 0.895 bits per heavy atom. The first-order chi connectivity index (χ1) is 9.00. The molecule has 1 aromatic heterocycles. The lowest BCUT2D eigenvalue weighted by molar-refractivity contribution is 0.814. The van der Waals surface area contributed by atoms with Gasteiger partial charge in [-0.2, -0.15) is 0 Å². The third-order valence-electron chi connectivity index (χ3n) is 2.71. The molecule has 19 heavy (non-hydrogen) atoms. The van der Waals surface area contributed by atoms with Crippen LogP contribution in [0.25, 0.3) is 0 Å². The van der Waals surface area contributed by atoms with Crippen molar-refractivity contribution in [3.63, 3.8) is 0 Å². The van der Waals surface area contributed by atoms with E-state index in [9.17, 15) is 0 Å². The summed E-state index contributed by atoms with van der Waals surface area (Å²) in [6.45, 7) is 8.54. The molecule has 0 aliphatic heterocycles. The van der Waals surface area contributed by atoms with Crippen molar-refractivity contribution >= 4 is 11.6 Å². The highest BCUT2D eigenvalue weighted by Gasteiger charge is 1.99. The number of nitrogens with zero attached hydrogens (tertiary/aromatic N) is 2. The maximum Gasteiger partial charge on any atom is 0.132 e. The molecule has 0 aliphatic rings. The summed E-state index contributed by atoms with van der Waals surface area (Å²) in [6.07, 6.45) is 1.48. The molecule has 0 bridgehead atoms. The zero-order valence-electron chi connectivity index (χ0n) is 12.0. The van der Waals surface area contributed by atoms with Crippen LogP contribution in [0.2, 0.25) is 5.15 Å². The second kappa shape index (κ2) is 7.90. The van der Waals surface area contributed by atoms with Gasteiger partial charge in [0, 0.05) is 5.69 Å². The van der Waals surface area contributed by atoms with Crippen LogP contribution in [-0.4, -0.2) is 9.97 Å². The summed E-state index contributed by atoms with van der Waals surface area (Å²) in [6, 6.07) is 12.3. The van der Waals surface area contributed by atoms with Gasteiger partial charge in [0.2, 0.25) is 0 Å². The standard InChI is InChI=1S/C9H12.C7H9ClN2/c1-8(2)9-6-4-3-5-7-9;1-5(2)6-3-7(8)10-4-9-6/h3-8H,1-2H3;3-5H,1-2H3. The molecule has 0 radical (unpaired) electrons. The first-order valence-electron chi connectivity index (χ1n) is 6.53. The van der Waals surface area contributed by atoms with E-state index >= 15 is 0 Å². The van der Waals surface area contributed by atoms with Gasteiger partial charge in [-0.15, -0.1) is 0 Å². The largest absolute Gasteiger partial charge is 0.241 e. The molecule has 2 aromatic rings. The van der Waals surface area contributed by atoms with Gasteiger partial charge in [0.25, 0.3) is 0 Å². The molecular formula is C16H21ClN2. The maximum absolute atomic E-state index is 5.64. The maximum atomic E-state index is 5.64. The number of benzene rings is 1. The third kappa shape index (κ3) is 5.84. The van der Waals surface area contributed by atoms with E-state index in [-0.39, 0.29) is 0 Å². The van der Waals surface area contributed by atoms with Crippen molar-refractivity contribution in [3.05, 3.63) is 59.1 Å². The van der Waals surface area contributed by atoms with E-state index in [2.05, 4.69) is 61.9 Å². The van der Waals surface area contributed by atoms with Crippen molar-refractivity contribution in [1.29, 1.82) is 0 Å². The Bertz CT molecular complexity index is 481. The van der Waals surface area contributed by atoms with E-state index in [1.54, 1.807) is 6.07 Å². The van der Waals surface area contributed by atoms with Crippen LogP contribution in [0.1, 0.15) is 50.8 Å². The molecule has 0 atom stereocenters. The Hall–Kier alpha value is -1.41. The highest BCUT2D eigenvalue weighted by molar-refractivity contribution is 6.29. The molecule has 0 unspecified atom stereocenters. The molecule has 102 valence electrons. The molecule has 0 N–H and O–H groups in total. The smallest absolute Gasteiger partial charge is 0.132 e. The number of rotatable bonds is 2. The van der Waals surface area contributed by atoms with E-state index in [4.69, 9.17) is 11.6 Å². The molecule has 0 fully saturated rings. The molecule has 1 aromatic carbocycles. The highest BCUT2D eigenvalue weighted by Crippen LogP contribution is 2.13. The summed E-state index contributed by atoms with van der Waals surface area (Å²) in [5, 5.41) is 0.513. The number of hydrogen-bond acceptors (Lipinski definition) is 2. The van der Waals surface area contributed by atoms with Crippen LogP contribution in [0.4, 0.5) is 0 Å². The molecule has 0 spiro atoms. The predicted molar refractivity (Wildman–Crippen MR) is 81.7 cm³/mol. The van der Waals surface area contributed by atoms with Crippen LogP contribution < -0.4 is 0 Å². The SMILES string of the molecule is CC(C)c1cc(Cl)ncn1.CC(C)c1ccccc1. The van der Waals surface area contributed by atoms with Crippen molar-refractivity contribution in [2.75, 3.05) is 0 Å². The van der Waals surface area contributed by atoms with Crippen LogP contribution >= 0.6 is 11.6 Å². The van der Waals surface area contributed by atoms with Gasteiger partial charge in [-0.05, 0) is 23.5 Å². The minimum atomic E-state index is 0.417. The molecule has 0 amide bonds. The van der Waals surface area contributed by atoms with Crippen molar-refractivity contribution < 1.29 is 0 Å². The first-order valence-corrected chi connectivity index (χ1v) is 6.91. The zero-order chi connectivity index (χ0) is 14.3. The molecule has 3 heteroatoms. The van der Waals surface area contributed by atoms with Gasteiger partial charge in [0.05, 0.1) is 0 Å². The van der Waals surface area contributed by atoms with Gasteiger partial charge in [-0.25, -0.2) is 9.97 Å². The van der Waals surface area contributed by atoms with Crippen LogP contribution in [0.3, 0.4) is 0 Å². The summed E-state index contributed by atoms with van der Waals surface area (Å²) in [7, 11) is 0. The van der Waals surface area contributed by atoms with Crippen LogP contribution in [-0.2, 0) is 0 Å². The molecule has 0 aliphatic carbocycles. The van der Waals surface area contributed by atoms with Gasteiger partial charge >= 0.3 is 0 Å². The van der Waals surface area contributed by atoms with E-state index < -0.39 is 0 Å². The average Bonchev–Trinajstić information content (AvgIpc) is 2.40. The lowest BCUT2D eigenvalue weighted by Gasteiger charge is -2.01. The first kappa shape index (κ1) is 15.6. The Labute approximate surface area is 120 Å². The van der Waals surface area contributed by atoms with Crippen LogP contribution in [0.5, 0.6) is 0 Å². The molecule has 0 saturated heterocycles. The summed E-state index contributed by atoms with van der Waals surface area (Å²) in [5.41, 5.74) is 2.40. The summed E-state index contributed by atoms with van der Waals surface area (Å²) in [5.74, 6) is 1.08. The zero-order valence-corrected chi connectivity index (χ0v) is 12.7. The van der Waals surface area contributed by atoms with E-state index in [0.717, 1.165) is 5.69 Å². The Kier molecular flexibility index (Phi) is 6.51. The van der Waals surface area contributed by atoms with Gasteiger partial charge in [-0.1, -0.05) is 69.6 Å². The highest BCUT2D eigenvalue weighted by atomic mass is 35.5. The Balaban J connectivity index is 0.000000191. The number of aromatic nitrogens is 2. The molecule has 0 saturated carbocycles. The second-order valence-electron chi connectivity index (χ2n) is 4.99. The van der Waals surface area contributed by atoms with Crippen molar-refractivity contribution in [2.45, 2.75) is 39.5 Å². The minimum absolute atomic E-state index is 0.417. The third-order valence-corrected chi connectivity index (χ3v) is 2.92. The fraction of sp³-hybridized carbons (Fsp3) is 0.375. The molecular weight excluding hydrogens is 256 g/mol. The van der Waals surface area contributed by atoms with Gasteiger partial charge in [-0.3, -0.25) is 0 Å². The minimum Gasteiger partial charge on any atom is -0.241 e. The Morgan fingerprint density at radius 3 is 1.89 bits per heavy atom. The molecule has 2 rings (SSSR count). The second-order valence-corrected chi connectivity index (χ2v) is 5.37. The van der Waals surface area contributed by atoms with E-state index in [0.29, 0.717) is 17.0 Å². The topological polar surface area (TPSA) is 25.8 Å². The number of hydrogen-bond donors (Lipinski definition) is 0.